The lowest BCUT2D eigenvalue weighted by Gasteiger charge is -2.09. The second-order valence-corrected chi connectivity index (χ2v) is 3.40. The van der Waals surface area contributed by atoms with E-state index in [9.17, 15) is 4.57 Å². The van der Waals surface area contributed by atoms with E-state index >= 15 is 0 Å². The highest BCUT2D eigenvalue weighted by atomic mass is 31.2. The van der Waals surface area contributed by atoms with Gasteiger partial charge in [-0.25, -0.2) is 4.57 Å². The molecule has 0 aromatic heterocycles. The molecule has 5 heteroatoms. The lowest BCUT2D eigenvalue weighted by Crippen LogP contribution is -2.02. The fourth-order valence-corrected chi connectivity index (χ4v) is 1.03. The molecule has 0 aliphatic heterocycles. The van der Waals surface area contributed by atoms with E-state index in [1.165, 1.54) is 5.81 Å². The predicted octanol–water partition coefficient (Wildman–Crippen LogP) is 1.47. The predicted molar refractivity (Wildman–Crippen MR) is 36.3 cm³/mol. The molecule has 0 rings (SSSR count). The summed E-state index contributed by atoms with van der Waals surface area (Å²) in [5.41, 5.74) is 0. The molecule has 0 spiro atoms. The van der Waals surface area contributed by atoms with Crippen LogP contribution in [0.15, 0.2) is 0 Å². The first-order chi connectivity index (χ1) is 4.52. The summed E-state index contributed by atoms with van der Waals surface area (Å²) in [5.74, 6) is 1.20. The molecule has 0 amide bonds. The molecule has 2 unspecified atom stereocenters. The van der Waals surface area contributed by atoms with Crippen molar-refractivity contribution in [1.82, 2.24) is 0 Å². The van der Waals surface area contributed by atoms with E-state index < -0.39 is 7.60 Å². The summed E-state index contributed by atoms with van der Waals surface area (Å²) in [7, 11) is -3.94. The highest BCUT2D eigenvalue weighted by Crippen LogP contribution is 2.41. The third-order valence-corrected chi connectivity index (χ3v) is 1.92. The summed E-state index contributed by atoms with van der Waals surface area (Å²) in [6.07, 6.45) is 0.280. The molecular formula is C5H10NO3P. The van der Waals surface area contributed by atoms with Crippen molar-refractivity contribution in [1.29, 1.82) is 5.26 Å². The molecule has 10 heavy (non-hydrogen) atoms. The minimum atomic E-state index is -3.94. The van der Waals surface area contributed by atoms with Gasteiger partial charge in [-0.15, -0.1) is 0 Å². The van der Waals surface area contributed by atoms with Crippen molar-refractivity contribution in [2.24, 2.45) is 0 Å². The van der Waals surface area contributed by atoms with Gasteiger partial charge in [-0.1, -0.05) is 6.92 Å². The summed E-state index contributed by atoms with van der Waals surface area (Å²) in [6.45, 7) is 3.45. The molecule has 0 aromatic carbocycles. The Balaban J connectivity index is 3.92. The van der Waals surface area contributed by atoms with E-state index in [2.05, 4.69) is 4.52 Å². The van der Waals surface area contributed by atoms with Crippen LogP contribution in [0.4, 0.5) is 0 Å². The Hall–Kier alpha value is -0.360. The van der Waals surface area contributed by atoms with Crippen molar-refractivity contribution >= 4 is 7.60 Å². The average molecular weight is 163 g/mol. The van der Waals surface area contributed by atoms with Gasteiger partial charge in [-0.05, 0) is 13.3 Å². The maximum Gasteiger partial charge on any atom is 0.429 e. The fraction of sp³-hybridized carbons (Fsp3) is 0.800. The Morgan fingerprint density at radius 3 is 2.70 bits per heavy atom. The standard InChI is InChI=1S/C5H10NO3P/c1-3-5(2)9-10(7,8)4-6/h5H,3H2,1-2H3,(H,7,8). The molecule has 4 nitrogen and oxygen atoms in total. The summed E-state index contributed by atoms with van der Waals surface area (Å²) < 4.78 is 15.0. The highest BCUT2D eigenvalue weighted by Gasteiger charge is 2.20. The zero-order valence-electron chi connectivity index (χ0n) is 5.94. The van der Waals surface area contributed by atoms with Gasteiger partial charge in [0.05, 0.1) is 6.10 Å². The first kappa shape index (κ1) is 9.64. The second-order valence-electron chi connectivity index (χ2n) is 1.94. The van der Waals surface area contributed by atoms with Crippen molar-refractivity contribution in [2.75, 3.05) is 0 Å². The van der Waals surface area contributed by atoms with Gasteiger partial charge in [0.2, 0.25) is 0 Å². The van der Waals surface area contributed by atoms with E-state index in [1.54, 1.807) is 6.92 Å². The van der Waals surface area contributed by atoms with E-state index in [0.717, 1.165) is 0 Å². The van der Waals surface area contributed by atoms with Crippen molar-refractivity contribution in [3.63, 3.8) is 0 Å². The number of rotatable bonds is 3. The van der Waals surface area contributed by atoms with Crippen molar-refractivity contribution in [2.45, 2.75) is 26.4 Å². The summed E-state index contributed by atoms with van der Waals surface area (Å²) in [5, 5.41) is 8.05. The molecule has 0 heterocycles. The Morgan fingerprint density at radius 2 is 2.40 bits per heavy atom. The zero-order chi connectivity index (χ0) is 8.20. The van der Waals surface area contributed by atoms with Gasteiger partial charge in [0.25, 0.3) is 0 Å². The molecule has 0 radical (unpaired) electrons. The van der Waals surface area contributed by atoms with E-state index in [-0.39, 0.29) is 6.10 Å². The summed E-state index contributed by atoms with van der Waals surface area (Å²) in [6, 6.07) is 0. The van der Waals surface area contributed by atoms with Crippen LogP contribution in [-0.2, 0) is 9.09 Å². The number of nitrogens with zero attached hydrogens (tertiary/aromatic N) is 1. The zero-order valence-corrected chi connectivity index (χ0v) is 6.84. The third kappa shape index (κ3) is 3.62. The first-order valence-electron chi connectivity index (χ1n) is 2.94. The van der Waals surface area contributed by atoms with Crippen LogP contribution in [-0.4, -0.2) is 11.0 Å². The van der Waals surface area contributed by atoms with Gasteiger partial charge in [0.1, 0.15) is 0 Å². The van der Waals surface area contributed by atoms with Gasteiger partial charge in [0, 0.05) is 0 Å². The monoisotopic (exact) mass is 163 g/mol. The molecule has 0 fully saturated rings. The Bertz CT molecular complexity index is 186. The Labute approximate surface area is 60.0 Å². The molecule has 0 saturated heterocycles. The molecular weight excluding hydrogens is 153 g/mol. The van der Waals surface area contributed by atoms with Crippen LogP contribution in [0, 0.1) is 11.1 Å². The molecule has 0 saturated carbocycles. The molecule has 2 atom stereocenters. The van der Waals surface area contributed by atoms with Crippen molar-refractivity contribution in [3.8, 4) is 5.81 Å². The maximum atomic E-state index is 10.5. The van der Waals surface area contributed by atoms with Crippen LogP contribution < -0.4 is 0 Å². The molecule has 58 valence electrons. The van der Waals surface area contributed by atoms with E-state index in [0.29, 0.717) is 6.42 Å². The molecule has 0 aromatic rings. The van der Waals surface area contributed by atoms with Gasteiger partial charge in [-0.2, -0.15) is 5.26 Å². The van der Waals surface area contributed by atoms with Crippen molar-refractivity contribution in [3.05, 3.63) is 0 Å². The Kier molecular flexibility index (Phi) is 3.59. The van der Waals surface area contributed by atoms with Gasteiger partial charge in [-0.3, -0.25) is 4.52 Å². The minimum absolute atomic E-state index is 0.338. The van der Waals surface area contributed by atoms with Crippen LogP contribution in [0.2, 0.25) is 0 Å². The molecule has 0 bridgehead atoms. The highest BCUT2D eigenvalue weighted by molar-refractivity contribution is 7.58. The summed E-state index contributed by atoms with van der Waals surface area (Å²) in [4.78, 5) is 8.60. The first-order valence-corrected chi connectivity index (χ1v) is 4.52. The summed E-state index contributed by atoms with van der Waals surface area (Å²) >= 11 is 0. The van der Waals surface area contributed by atoms with Gasteiger partial charge < -0.3 is 4.89 Å². The van der Waals surface area contributed by atoms with Crippen molar-refractivity contribution < 1.29 is 14.0 Å². The fourth-order valence-electron chi connectivity index (χ4n) is 0.342. The molecule has 0 aliphatic rings. The van der Waals surface area contributed by atoms with Crippen LogP contribution >= 0.6 is 7.60 Å². The molecule has 1 N–H and O–H groups in total. The number of hydrogen-bond donors (Lipinski definition) is 1. The Morgan fingerprint density at radius 1 is 1.90 bits per heavy atom. The van der Waals surface area contributed by atoms with Crippen LogP contribution in [0.5, 0.6) is 0 Å². The van der Waals surface area contributed by atoms with Crippen LogP contribution in [0.3, 0.4) is 0 Å². The SMILES string of the molecule is CCC(C)OP(=O)(O)C#N. The topological polar surface area (TPSA) is 70.3 Å². The smallest absolute Gasteiger partial charge is 0.314 e. The van der Waals surface area contributed by atoms with E-state index in [1.807, 2.05) is 6.92 Å². The van der Waals surface area contributed by atoms with Gasteiger partial charge in [0.15, 0.2) is 5.81 Å². The van der Waals surface area contributed by atoms with Crippen LogP contribution in [0.1, 0.15) is 20.3 Å². The lowest BCUT2D eigenvalue weighted by atomic mass is 10.3. The number of hydrogen-bond acceptors (Lipinski definition) is 3. The lowest BCUT2D eigenvalue weighted by molar-refractivity contribution is 0.192. The largest absolute Gasteiger partial charge is 0.429 e. The second kappa shape index (κ2) is 3.72. The third-order valence-electron chi connectivity index (χ3n) is 1.02. The quantitative estimate of drug-likeness (QED) is 0.639. The van der Waals surface area contributed by atoms with E-state index in [4.69, 9.17) is 10.2 Å². The average Bonchev–Trinajstić information content (AvgIpc) is 1.87. The molecule has 0 aliphatic carbocycles. The number of nitriles is 1. The normalized spacial score (nSPS) is 19.0. The van der Waals surface area contributed by atoms with Crippen LogP contribution in [0.25, 0.3) is 0 Å². The minimum Gasteiger partial charge on any atom is -0.314 e. The van der Waals surface area contributed by atoms with Gasteiger partial charge >= 0.3 is 7.60 Å². The maximum absolute atomic E-state index is 10.5.